The molecular weight excluding hydrogens is 404 g/mol. The molecule has 1 aliphatic rings. The first-order chi connectivity index (χ1) is 14.1. The molecule has 0 saturated heterocycles. The average molecular weight is 427 g/mol. The lowest BCUT2D eigenvalue weighted by Crippen LogP contribution is -2.40. The normalized spacial score (nSPS) is 18.9. The summed E-state index contributed by atoms with van der Waals surface area (Å²) in [5, 5.41) is 8.35. The number of carbonyl (C=O) groups is 1. The van der Waals surface area contributed by atoms with Gasteiger partial charge in [-0.05, 0) is 55.7 Å². The minimum Gasteiger partial charge on any atom is -0.465 e. The van der Waals surface area contributed by atoms with E-state index in [1.165, 1.54) is 12.1 Å². The molecule has 150 valence electrons. The van der Waals surface area contributed by atoms with E-state index >= 15 is 0 Å². The van der Waals surface area contributed by atoms with Gasteiger partial charge < -0.3 is 15.4 Å². The van der Waals surface area contributed by atoms with Crippen LogP contribution >= 0.6 is 23.6 Å². The Kier molecular flexibility index (Phi) is 6.01. The summed E-state index contributed by atoms with van der Waals surface area (Å²) in [5.74, 6) is 0.0674. The molecule has 1 aromatic carbocycles. The summed E-state index contributed by atoms with van der Waals surface area (Å²) in [5.41, 5.74) is 2.28. The summed E-state index contributed by atoms with van der Waals surface area (Å²) >= 11 is 7.24. The van der Waals surface area contributed by atoms with Crippen molar-refractivity contribution in [2.75, 3.05) is 12.4 Å². The maximum atomic E-state index is 11.7. The number of hydrogen-bond donors (Lipinski definition) is 2. The summed E-state index contributed by atoms with van der Waals surface area (Å²) < 4.78 is 5.91. The fourth-order valence-electron chi connectivity index (χ4n) is 3.71. The monoisotopic (exact) mass is 426 g/mol. The highest BCUT2D eigenvalue weighted by Crippen LogP contribution is 2.36. The Hall–Kier alpha value is -2.58. The zero-order chi connectivity index (χ0) is 20.2. The van der Waals surface area contributed by atoms with Gasteiger partial charge in [0.05, 0.1) is 27.9 Å². The minimum absolute atomic E-state index is 0.294. The van der Waals surface area contributed by atoms with Crippen LogP contribution in [0.3, 0.4) is 0 Å². The molecule has 1 fully saturated rings. The van der Waals surface area contributed by atoms with Crippen LogP contribution in [0.5, 0.6) is 0 Å². The Labute approximate surface area is 178 Å². The van der Waals surface area contributed by atoms with Crippen molar-refractivity contribution < 1.29 is 9.53 Å². The quantitative estimate of drug-likeness (QED) is 0.470. The number of nitrogens with one attached hydrogen (secondary N) is 2. The molecular formula is C21H22N4O2S2. The molecule has 4 rings (SSSR count). The molecule has 0 radical (unpaired) electrons. The van der Waals surface area contributed by atoms with E-state index in [9.17, 15) is 4.79 Å². The highest BCUT2D eigenvalue weighted by molar-refractivity contribution is 7.80. The van der Waals surface area contributed by atoms with Crippen LogP contribution in [0.15, 0.2) is 42.7 Å². The molecule has 1 saturated carbocycles. The lowest BCUT2D eigenvalue weighted by Gasteiger charge is -2.29. The molecule has 1 aliphatic carbocycles. The van der Waals surface area contributed by atoms with Crippen molar-refractivity contribution in [3.8, 4) is 0 Å². The highest BCUT2D eigenvalue weighted by Gasteiger charge is 2.26. The van der Waals surface area contributed by atoms with Crippen LogP contribution in [0.2, 0.25) is 0 Å². The second-order valence-electron chi connectivity index (χ2n) is 7.13. The van der Waals surface area contributed by atoms with Crippen LogP contribution in [-0.4, -0.2) is 34.2 Å². The van der Waals surface area contributed by atoms with Crippen LogP contribution in [0.25, 0.3) is 10.2 Å². The second-order valence-corrected chi connectivity index (χ2v) is 8.60. The van der Waals surface area contributed by atoms with Gasteiger partial charge in [0.15, 0.2) is 5.11 Å². The summed E-state index contributed by atoms with van der Waals surface area (Å²) in [6.07, 6.45) is 8.03. The van der Waals surface area contributed by atoms with E-state index in [0.717, 1.165) is 41.6 Å². The maximum Gasteiger partial charge on any atom is 0.337 e. The SMILES string of the molecule is COC(=O)c1cccc(NC(=S)NC2CCCC(c3nc4ccncc4s3)C2)c1. The highest BCUT2D eigenvalue weighted by atomic mass is 32.1. The molecule has 2 unspecified atom stereocenters. The number of thiazole rings is 1. The van der Waals surface area contributed by atoms with Gasteiger partial charge in [0.25, 0.3) is 0 Å². The topological polar surface area (TPSA) is 76.1 Å². The van der Waals surface area contributed by atoms with Crippen molar-refractivity contribution in [2.45, 2.75) is 37.6 Å². The van der Waals surface area contributed by atoms with Crippen molar-refractivity contribution in [2.24, 2.45) is 0 Å². The van der Waals surface area contributed by atoms with Gasteiger partial charge in [-0.1, -0.05) is 12.5 Å². The molecule has 6 nitrogen and oxygen atoms in total. The van der Waals surface area contributed by atoms with E-state index in [0.29, 0.717) is 22.6 Å². The number of benzene rings is 1. The van der Waals surface area contributed by atoms with Crippen molar-refractivity contribution in [1.82, 2.24) is 15.3 Å². The van der Waals surface area contributed by atoms with Gasteiger partial charge in [0.1, 0.15) is 0 Å². The number of hydrogen-bond acceptors (Lipinski definition) is 6. The zero-order valence-electron chi connectivity index (χ0n) is 16.1. The third kappa shape index (κ3) is 4.71. The number of rotatable bonds is 4. The Morgan fingerprint density at radius 2 is 2.21 bits per heavy atom. The lowest BCUT2D eigenvalue weighted by atomic mass is 9.86. The molecule has 2 heterocycles. The van der Waals surface area contributed by atoms with Crippen LogP contribution in [0, 0.1) is 0 Å². The number of fused-ring (bicyclic) bond motifs is 1. The number of ether oxygens (including phenoxy) is 1. The third-order valence-corrected chi connectivity index (χ3v) is 6.50. The molecule has 8 heteroatoms. The fraction of sp³-hybridized carbons (Fsp3) is 0.333. The van der Waals surface area contributed by atoms with Gasteiger partial charge in [-0.2, -0.15) is 0 Å². The van der Waals surface area contributed by atoms with Crippen molar-refractivity contribution in [1.29, 1.82) is 0 Å². The number of anilines is 1. The van der Waals surface area contributed by atoms with Crippen molar-refractivity contribution >= 4 is 50.5 Å². The number of methoxy groups -OCH3 is 1. The van der Waals surface area contributed by atoms with Crippen molar-refractivity contribution in [3.63, 3.8) is 0 Å². The number of esters is 1. The molecule has 3 aromatic rings. The largest absolute Gasteiger partial charge is 0.465 e. The van der Waals surface area contributed by atoms with Gasteiger partial charge in [0, 0.05) is 30.0 Å². The molecule has 29 heavy (non-hydrogen) atoms. The van der Waals surface area contributed by atoms with E-state index in [1.807, 2.05) is 18.3 Å². The van der Waals surface area contributed by atoms with Gasteiger partial charge in [0.2, 0.25) is 0 Å². The van der Waals surface area contributed by atoms with E-state index in [1.54, 1.807) is 35.7 Å². The smallest absolute Gasteiger partial charge is 0.337 e. The number of nitrogens with zero attached hydrogens (tertiary/aromatic N) is 2. The minimum atomic E-state index is -0.367. The molecule has 0 spiro atoms. The van der Waals surface area contributed by atoms with Gasteiger partial charge >= 0.3 is 5.97 Å². The lowest BCUT2D eigenvalue weighted by molar-refractivity contribution is 0.0601. The summed E-state index contributed by atoms with van der Waals surface area (Å²) in [6, 6.07) is 9.39. The van der Waals surface area contributed by atoms with E-state index in [-0.39, 0.29) is 5.97 Å². The Balaban J connectivity index is 1.38. The Morgan fingerprint density at radius 1 is 1.31 bits per heavy atom. The molecule has 2 aromatic heterocycles. The van der Waals surface area contributed by atoms with Crippen LogP contribution in [0.4, 0.5) is 5.69 Å². The van der Waals surface area contributed by atoms with Crippen molar-refractivity contribution in [3.05, 3.63) is 53.3 Å². The zero-order valence-corrected chi connectivity index (χ0v) is 17.7. The third-order valence-electron chi connectivity index (χ3n) is 5.11. The summed E-state index contributed by atoms with van der Waals surface area (Å²) in [7, 11) is 1.37. The van der Waals surface area contributed by atoms with Gasteiger partial charge in [-0.25, -0.2) is 9.78 Å². The Morgan fingerprint density at radius 3 is 3.03 bits per heavy atom. The number of carbonyl (C=O) groups excluding carboxylic acids is 1. The number of thiocarbonyl (C=S) groups is 1. The van der Waals surface area contributed by atoms with E-state index in [2.05, 4.69) is 15.6 Å². The number of pyridine rings is 1. The second kappa shape index (κ2) is 8.84. The first-order valence-corrected chi connectivity index (χ1v) is 10.8. The molecule has 2 N–H and O–H groups in total. The summed E-state index contributed by atoms with van der Waals surface area (Å²) in [6.45, 7) is 0. The summed E-state index contributed by atoms with van der Waals surface area (Å²) in [4.78, 5) is 20.7. The molecule has 0 bridgehead atoms. The van der Waals surface area contributed by atoms with E-state index in [4.69, 9.17) is 21.9 Å². The fourth-order valence-corrected chi connectivity index (χ4v) is 5.08. The molecule has 0 amide bonds. The maximum absolute atomic E-state index is 11.7. The first-order valence-electron chi connectivity index (χ1n) is 9.58. The number of aromatic nitrogens is 2. The van der Waals surface area contributed by atoms with E-state index < -0.39 is 0 Å². The van der Waals surface area contributed by atoms with Crippen LogP contribution < -0.4 is 10.6 Å². The predicted octanol–water partition coefficient (Wildman–Crippen LogP) is 4.49. The predicted molar refractivity (Wildman–Crippen MR) is 120 cm³/mol. The molecule has 0 aliphatic heterocycles. The first kappa shape index (κ1) is 19.7. The molecule has 2 atom stereocenters. The van der Waals surface area contributed by atoms with Gasteiger partial charge in [-0.3, -0.25) is 4.98 Å². The Bertz CT molecular complexity index is 1000. The standard InChI is InChI=1S/C21H22N4O2S2/c1-27-20(26)14-5-3-7-16(11-14)24-21(28)23-15-6-2-4-13(10-15)19-25-17-8-9-22-12-18(17)29-19/h3,5,7-9,11-13,15H,2,4,6,10H2,1H3,(H2,23,24,28). The van der Waals surface area contributed by atoms with Crippen LogP contribution in [0.1, 0.15) is 47.0 Å². The van der Waals surface area contributed by atoms with Gasteiger partial charge in [-0.15, -0.1) is 11.3 Å². The average Bonchev–Trinajstić information content (AvgIpc) is 3.18. The van der Waals surface area contributed by atoms with Crippen LogP contribution in [-0.2, 0) is 4.74 Å².